The van der Waals surface area contributed by atoms with Crippen LogP contribution in [-0.4, -0.2) is 16.1 Å². The minimum atomic E-state index is -0.772. The second kappa shape index (κ2) is 6.33. The van der Waals surface area contributed by atoms with Crippen molar-refractivity contribution in [2.75, 3.05) is 0 Å². The van der Waals surface area contributed by atoms with Crippen LogP contribution in [0, 0.1) is 13.8 Å². The normalized spacial score (nSPS) is 12.1. The molecule has 0 radical (unpaired) electrons. The van der Waals surface area contributed by atoms with E-state index >= 15 is 0 Å². The lowest BCUT2D eigenvalue weighted by atomic mass is 9.87. The second-order valence-corrected chi connectivity index (χ2v) is 5.18. The Hall–Kier alpha value is -2.16. The summed E-state index contributed by atoms with van der Waals surface area (Å²) in [5.74, 6) is -0.811. The number of carboxylic acids is 1. The summed E-state index contributed by atoms with van der Waals surface area (Å²) in [7, 11) is 0. The van der Waals surface area contributed by atoms with Crippen molar-refractivity contribution in [3.05, 3.63) is 65.0 Å². The maximum absolute atomic E-state index is 11.1. The van der Waals surface area contributed by atoms with Gasteiger partial charge in [0.1, 0.15) is 0 Å². The molecule has 0 aliphatic carbocycles. The minimum absolute atomic E-state index is 0.0389. The molecule has 2 rings (SSSR count). The zero-order chi connectivity index (χ0) is 14.5. The van der Waals surface area contributed by atoms with Gasteiger partial charge in [0.25, 0.3) is 0 Å². The highest BCUT2D eigenvalue weighted by Gasteiger charge is 2.18. The molecule has 20 heavy (non-hydrogen) atoms. The van der Waals surface area contributed by atoms with E-state index < -0.39 is 5.97 Å². The summed E-state index contributed by atoms with van der Waals surface area (Å²) in [6, 6.07) is 11.9. The third-order valence-electron chi connectivity index (χ3n) is 3.47. The van der Waals surface area contributed by atoms with Crippen molar-refractivity contribution >= 4 is 5.97 Å². The molecule has 0 saturated carbocycles. The standard InChI is InChI=1S/C17H19NO2/c1-12-6-7-16(13(2)9-12)14(11-17(19)20)10-15-5-3-4-8-18-15/h3-9,14H,10-11H2,1-2H3,(H,19,20). The molecule has 3 nitrogen and oxygen atoms in total. The van der Waals surface area contributed by atoms with Crippen molar-refractivity contribution in [1.82, 2.24) is 4.98 Å². The highest BCUT2D eigenvalue weighted by atomic mass is 16.4. The largest absolute Gasteiger partial charge is 0.481 e. The molecule has 0 fully saturated rings. The first-order valence-electron chi connectivity index (χ1n) is 6.75. The monoisotopic (exact) mass is 269 g/mol. The number of hydrogen-bond donors (Lipinski definition) is 1. The predicted molar refractivity (Wildman–Crippen MR) is 78.9 cm³/mol. The third kappa shape index (κ3) is 3.67. The summed E-state index contributed by atoms with van der Waals surface area (Å²) in [5, 5.41) is 9.15. The highest BCUT2D eigenvalue weighted by Crippen LogP contribution is 2.27. The summed E-state index contributed by atoms with van der Waals surface area (Å²) in [5.41, 5.74) is 4.37. The number of aromatic nitrogens is 1. The smallest absolute Gasteiger partial charge is 0.303 e. The van der Waals surface area contributed by atoms with E-state index in [1.807, 2.05) is 44.2 Å². The summed E-state index contributed by atoms with van der Waals surface area (Å²) < 4.78 is 0. The molecule has 1 heterocycles. The molecule has 0 bridgehead atoms. The van der Waals surface area contributed by atoms with Gasteiger partial charge < -0.3 is 5.11 Å². The van der Waals surface area contributed by atoms with Crippen LogP contribution in [-0.2, 0) is 11.2 Å². The van der Waals surface area contributed by atoms with Crippen LogP contribution in [0.5, 0.6) is 0 Å². The van der Waals surface area contributed by atoms with Gasteiger partial charge in [0.2, 0.25) is 0 Å². The van der Waals surface area contributed by atoms with E-state index in [1.54, 1.807) is 6.20 Å². The fraction of sp³-hybridized carbons (Fsp3) is 0.294. The molecule has 0 aliphatic heterocycles. The number of rotatable bonds is 5. The van der Waals surface area contributed by atoms with E-state index in [9.17, 15) is 4.79 Å². The zero-order valence-electron chi connectivity index (χ0n) is 11.8. The van der Waals surface area contributed by atoms with Gasteiger partial charge in [-0.2, -0.15) is 0 Å². The molecule has 0 spiro atoms. The highest BCUT2D eigenvalue weighted by molar-refractivity contribution is 5.68. The van der Waals surface area contributed by atoms with Crippen LogP contribution in [0.15, 0.2) is 42.6 Å². The number of nitrogens with zero attached hydrogens (tertiary/aromatic N) is 1. The molecule has 0 amide bonds. The number of hydrogen-bond acceptors (Lipinski definition) is 2. The molecule has 1 unspecified atom stereocenters. The summed E-state index contributed by atoms with van der Waals surface area (Å²) in [6.07, 6.45) is 2.52. The molecule has 2 aromatic rings. The topological polar surface area (TPSA) is 50.2 Å². The van der Waals surface area contributed by atoms with E-state index in [0.29, 0.717) is 6.42 Å². The second-order valence-electron chi connectivity index (χ2n) is 5.18. The number of pyridine rings is 1. The molecular formula is C17H19NO2. The number of aryl methyl sites for hydroxylation is 2. The van der Waals surface area contributed by atoms with Crippen LogP contribution in [0.25, 0.3) is 0 Å². The van der Waals surface area contributed by atoms with Crippen LogP contribution in [0.1, 0.15) is 34.7 Å². The summed E-state index contributed by atoms with van der Waals surface area (Å²) in [6.45, 7) is 4.08. The van der Waals surface area contributed by atoms with Crippen LogP contribution in [0.4, 0.5) is 0 Å². The molecule has 104 valence electrons. The van der Waals surface area contributed by atoms with Crippen molar-refractivity contribution in [3.63, 3.8) is 0 Å². The van der Waals surface area contributed by atoms with Crippen molar-refractivity contribution in [3.8, 4) is 0 Å². The average molecular weight is 269 g/mol. The molecule has 3 heteroatoms. The predicted octanol–water partition coefficient (Wildman–Crippen LogP) is 3.50. The lowest BCUT2D eigenvalue weighted by Crippen LogP contribution is -2.11. The Balaban J connectivity index is 2.29. The summed E-state index contributed by atoms with van der Waals surface area (Å²) >= 11 is 0. The van der Waals surface area contributed by atoms with Crippen LogP contribution in [0.2, 0.25) is 0 Å². The van der Waals surface area contributed by atoms with Gasteiger partial charge in [-0.3, -0.25) is 9.78 Å². The first-order chi connectivity index (χ1) is 9.56. The van der Waals surface area contributed by atoms with Gasteiger partial charge in [-0.15, -0.1) is 0 Å². The molecule has 1 aromatic carbocycles. The van der Waals surface area contributed by atoms with Gasteiger partial charge in [-0.1, -0.05) is 29.8 Å². The molecular weight excluding hydrogens is 250 g/mol. The maximum Gasteiger partial charge on any atom is 0.303 e. The van der Waals surface area contributed by atoms with Crippen molar-refractivity contribution < 1.29 is 9.90 Å². The molecule has 0 saturated heterocycles. The Morgan fingerprint density at radius 2 is 2.05 bits per heavy atom. The van der Waals surface area contributed by atoms with Crippen molar-refractivity contribution in [1.29, 1.82) is 0 Å². The SMILES string of the molecule is Cc1ccc(C(CC(=O)O)Cc2ccccn2)c(C)c1. The fourth-order valence-electron chi connectivity index (χ4n) is 2.56. The maximum atomic E-state index is 11.1. The average Bonchev–Trinajstić information content (AvgIpc) is 2.38. The molecule has 1 aromatic heterocycles. The van der Waals surface area contributed by atoms with E-state index in [-0.39, 0.29) is 12.3 Å². The summed E-state index contributed by atoms with van der Waals surface area (Å²) in [4.78, 5) is 15.4. The Bertz CT molecular complexity index is 593. The lowest BCUT2D eigenvalue weighted by Gasteiger charge is -2.18. The van der Waals surface area contributed by atoms with Crippen molar-refractivity contribution in [2.24, 2.45) is 0 Å². The van der Waals surface area contributed by atoms with Gasteiger partial charge >= 0.3 is 5.97 Å². The van der Waals surface area contributed by atoms with Crippen LogP contribution >= 0.6 is 0 Å². The van der Waals surface area contributed by atoms with E-state index in [4.69, 9.17) is 5.11 Å². The lowest BCUT2D eigenvalue weighted by molar-refractivity contribution is -0.137. The molecule has 1 atom stereocenters. The minimum Gasteiger partial charge on any atom is -0.481 e. The Morgan fingerprint density at radius 1 is 1.25 bits per heavy atom. The Morgan fingerprint density at radius 3 is 2.65 bits per heavy atom. The van der Waals surface area contributed by atoms with Crippen LogP contribution < -0.4 is 0 Å². The van der Waals surface area contributed by atoms with E-state index in [1.165, 1.54) is 5.56 Å². The first kappa shape index (κ1) is 14.3. The number of carboxylic acid groups (broad SMARTS) is 1. The Labute approximate surface area is 119 Å². The number of aliphatic carboxylic acids is 1. The Kier molecular flexibility index (Phi) is 4.51. The van der Waals surface area contributed by atoms with Gasteiger partial charge in [0, 0.05) is 17.8 Å². The fourth-order valence-corrected chi connectivity index (χ4v) is 2.56. The number of carbonyl (C=O) groups is 1. The van der Waals surface area contributed by atoms with Crippen LogP contribution in [0.3, 0.4) is 0 Å². The first-order valence-corrected chi connectivity index (χ1v) is 6.75. The van der Waals surface area contributed by atoms with E-state index in [2.05, 4.69) is 11.1 Å². The van der Waals surface area contributed by atoms with E-state index in [0.717, 1.165) is 16.8 Å². The third-order valence-corrected chi connectivity index (χ3v) is 3.47. The van der Waals surface area contributed by atoms with Gasteiger partial charge in [0.05, 0.1) is 6.42 Å². The zero-order valence-corrected chi connectivity index (χ0v) is 11.8. The van der Waals surface area contributed by atoms with Crippen molar-refractivity contribution in [2.45, 2.75) is 32.6 Å². The molecule has 1 N–H and O–H groups in total. The van der Waals surface area contributed by atoms with Gasteiger partial charge in [0.15, 0.2) is 0 Å². The molecule has 0 aliphatic rings. The quantitative estimate of drug-likeness (QED) is 0.903. The van der Waals surface area contributed by atoms with Gasteiger partial charge in [-0.25, -0.2) is 0 Å². The van der Waals surface area contributed by atoms with Gasteiger partial charge in [-0.05, 0) is 43.5 Å². The number of benzene rings is 1.